The molecule has 0 saturated heterocycles. The van der Waals surface area contributed by atoms with Gasteiger partial charge < -0.3 is 15.5 Å². The number of para-hydroxylation sites is 1. The fourth-order valence-electron chi connectivity index (χ4n) is 1.22. The molecule has 0 aromatic heterocycles. The number of hydrogen-bond acceptors (Lipinski definition) is 5. The van der Waals surface area contributed by atoms with Gasteiger partial charge in [-0.25, -0.2) is 13.2 Å². The summed E-state index contributed by atoms with van der Waals surface area (Å²) in [6, 6.07) is 6.60. The van der Waals surface area contributed by atoms with Crippen molar-refractivity contribution in [2.24, 2.45) is 0 Å². The molecule has 0 bridgehead atoms. The molecule has 3 N–H and O–H groups in total. The summed E-state index contributed by atoms with van der Waals surface area (Å²) in [5, 5.41) is 20.8. The zero-order valence-electron chi connectivity index (χ0n) is 9.07. The normalized spacial score (nSPS) is 14.9. The fraction of sp³-hybridized carbons (Fsp3) is 0.300. The van der Waals surface area contributed by atoms with Gasteiger partial charge in [0.05, 0.1) is 0 Å². The van der Waals surface area contributed by atoms with Crippen LogP contribution >= 0.6 is 0 Å². The highest BCUT2D eigenvalue weighted by molar-refractivity contribution is 7.91. The predicted octanol–water partition coefficient (Wildman–Crippen LogP) is -0.0853. The second-order valence-corrected chi connectivity index (χ2v) is 5.69. The number of carboxylic acids is 1. The first-order valence-electron chi connectivity index (χ1n) is 4.73. The van der Waals surface area contributed by atoms with Crippen LogP contribution in [0.1, 0.15) is 0 Å². The molecule has 0 fully saturated rings. The summed E-state index contributed by atoms with van der Waals surface area (Å²) < 4.78 is 22.2. The average molecular weight is 259 g/mol. The van der Waals surface area contributed by atoms with E-state index in [2.05, 4.69) is 5.32 Å². The number of carboxylic acid groups (broad SMARTS) is 1. The number of hydrogen-bond donors (Lipinski definition) is 3. The van der Waals surface area contributed by atoms with Crippen molar-refractivity contribution in [2.75, 3.05) is 11.6 Å². The van der Waals surface area contributed by atoms with Crippen molar-refractivity contribution in [3.63, 3.8) is 0 Å². The first kappa shape index (κ1) is 13.5. The Morgan fingerprint density at radius 2 is 1.82 bits per heavy atom. The van der Waals surface area contributed by atoms with Gasteiger partial charge in [0, 0.05) is 11.9 Å². The van der Waals surface area contributed by atoms with Crippen molar-refractivity contribution in [3.05, 3.63) is 30.3 Å². The third-order valence-electron chi connectivity index (χ3n) is 2.09. The van der Waals surface area contributed by atoms with Gasteiger partial charge in [0.2, 0.25) is 0 Å². The first-order chi connectivity index (χ1) is 7.82. The number of aliphatic hydroxyl groups excluding tert-OH is 1. The van der Waals surface area contributed by atoms with E-state index < -0.39 is 27.3 Å². The Morgan fingerprint density at radius 3 is 2.24 bits per heavy atom. The number of benzene rings is 1. The molecule has 1 unspecified atom stereocenters. The van der Waals surface area contributed by atoms with Crippen molar-refractivity contribution in [1.82, 2.24) is 0 Å². The quantitative estimate of drug-likeness (QED) is 0.683. The highest BCUT2D eigenvalue weighted by atomic mass is 32.2. The largest absolute Gasteiger partial charge is 0.480 e. The molecule has 0 radical (unpaired) electrons. The van der Waals surface area contributed by atoms with E-state index in [0.717, 1.165) is 6.26 Å². The molecular weight excluding hydrogens is 246 g/mol. The van der Waals surface area contributed by atoms with Crippen LogP contribution in [0.15, 0.2) is 30.3 Å². The number of carbonyl (C=O) groups is 1. The van der Waals surface area contributed by atoms with E-state index in [-0.39, 0.29) is 0 Å². The van der Waals surface area contributed by atoms with Gasteiger partial charge in [0.15, 0.2) is 21.3 Å². The van der Waals surface area contributed by atoms with Gasteiger partial charge in [-0.3, -0.25) is 0 Å². The Kier molecular flexibility index (Phi) is 4.08. The molecule has 17 heavy (non-hydrogen) atoms. The highest BCUT2D eigenvalue weighted by Gasteiger charge is 2.33. The predicted molar refractivity (Wildman–Crippen MR) is 62.3 cm³/mol. The molecule has 0 saturated carbocycles. The summed E-state index contributed by atoms with van der Waals surface area (Å²) in [6.07, 6.45) is 0.778. The molecule has 1 rings (SSSR count). The molecule has 2 atom stereocenters. The Balaban J connectivity index is 2.93. The zero-order chi connectivity index (χ0) is 13.1. The third kappa shape index (κ3) is 3.72. The second kappa shape index (κ2) is 5.15. The number of anilines is 1. The van der Waals surface area contributed by atoms with Gasteiger partial charge in [0.1, 0.15) is 0 Å². The summed E-state index contributed by atoms with van der Waals surface area (Å²) in [6.45, 7) is 0. The summed E-state index contributed by atoms with van der Waals surface area (Å²) in [4.78, 5) is 10.9. The maximum absolute atomic E-state index is 11.1. The number of aliphatic carboxylic acids is 1. The van der Waals surface area contributed by atoms with Crippen molar-refractivity contribution in [1.29, 1.82) is 0 Å². The van der Waals surface area contributed by atoms with Gasteiger partial charge >= 0.3 is 5.97 Å². The van der Waals surface area contributed by atoms with E-state index in [1.54, 1.807) is 30.3 Å². The topological polar surface area (TPSA) is 104 Å². The van der Waals surface area contributed by atoms with Crippen LogP contribution in [0, 0.1) is 0 Å². The van der Waals surface area contributed by atoms with Crippen LogP contribution in [0.25, 0.3) is 0 Å². The van der Waals surface area contributed by atoms with Crippen LogP contribution in [-0.2, 0) is 14.6 Å². The van der Waals surface area contributed by atoms with Crippen LogP contribution < -0.4 is 5.32 Å². The highest BCUT2D eigenvalue weighted by Crippen LogP contribution is 2.12. The maximum Gasteiger partial charge on any atom is 0.329 e. The SMILES string of the molecule is CS(=O)(=O)C(O)[C@H](Nc1ccccc1)C(=O)O. The Hall–Kier alpha value is -1.60. The van der Waals surface area contributed by atoms with Gasteiger partial charge in [-0.05, 0) is 12.1 Å². The fourth-order valence-corrected chi connectivity index (χ4v) is 1.89. The monoisotopic (exact) mass is 259 g/mol. The third-order valence-corrected chi connectivity index (χ3v) is 3.24. The van der Waals surface area contributed by atoms with E-state index in [0.29, 0.717) is 5.69 Å². The van der Waals surface area contributed by atoms with E-state index in [1.807, 2.05) is 0 Å². The first-order valence-corrected chi connectivity index (χ1v) is 6.69. The molecule has 0 aliphatic rings. The summed E-state index contributed by atoms with van der Waals surface area (Å²) in [7, 11) is -3.85. The van der Waals surface area contributed by atoms with Crippen molar-refractivity contribution >= 4 is 21.5 Å². The number of rotatable bonds is 5. The van der Waals surface area contributed by atoms with Crippen LogP contribution in [0.2, 0.25) is 0 Å². The Labute approximate surface area is 98.8 Å². The van der Waals surface area contributed by atoms with Crippen LogP contribution in [0.3, 0.4) is 0 Å². The summed E-state index contributed by atoms with van der Waals surface area (Å²) in [5.74, 6) is -1.44. The minimum absolute atomic E-state index is 0.419. The molecule has 0 heterocycles. The maximum atomic E-state index is 11.1. The van der Waals surface area contributed by atoms with Gasteiger partial charge in [-0.1, -0.05) is 18.2 Å². The van der Waals surface area contributed by atoms with Crippen LogP contribution in [0.5, 0.6) is 0 Å². The lowest BCUT2D eigenvalue weighted by Crippen LogP contribution is -2.44. The van der Waals surface area contributed by atoms with Crippen molar-refractivity contribution < 1.29 is 23.4 Å². The van der Waals surface area contributed by atoms with E-state index in [1.165, 1.54) is 0 Å². The van der Waals surface area contributed by atoms with Crippen LogP contribution in [-0.4, -0.2) is 42.3 Å². The van der Waals surface area contributed by atoms with E-state index in [9.17, 15) is 18.3 Å². The lowest BCUT2D eigenvalue weighted by molar-refractivity contribution is -0.139. The zero-order valence-corrected chi connectivity index (χ0v) is 9.89. The molecular formula is C10H13NO5S. The van der Waals surface area contributed by atoms with E-state index in [4.69, 9.17) is 5.11 Å². The lowest BCUT2D eigenvalue weighted by atomic mass is 10.2. The van der Waals surface area contributed by atoms with Crippen molar-refractivity contribution in [3.8, 4) is 0 Å². The van der Waals surface area contributed by atoms with Crippen molar-refractivity contribution in [2.45, 2.75) is 11.5 Å². The number of aliphatic hydroxyl groups is 1. The molecule has 7 heteroatoms. The lowest BCUT2D eigenvalue weighted by Gasteiger charge is -2.19. The second-order valence-electron chi connectivity index (χ2n) is 3.55. The van der Waals surface area contributed by atoms with Gasteiger partial charge in [-0.2, -0.15) is 0 Å². The molecule has 1 aromatic carbocycles. The van der Waals surface area contributed by atoms with Crippen LogP contribution in [0.4, 0.5) is 5.69 Å². The molecule has 0 amide bonds. The van der Waals surface area contributed by atoms with Gasteiger partial charge in [0.25, 0.3) is 0 Å². The minimum Gasteiger partial charge on any atom is -0.480 e. The summed E-state index contributed by atoms with van der Waals surface area (Å²) >= 11 is 0. The van der Waals surface area contributed by atoms with E-state index >= 15 is 0 Å². The smallest absolute Gasteiger partial charge is 0.329 e. The Morgan fingerprint density at radius 1 is 1.29 bits per heavy atom. The average Bonchev–Trinajstić information content (AvgIpc) is 2.24. The minimum atomic E-state index is -3.85. The summed E-state index contributed by atoms with van der Waals surface area (Å²) in [5.41, 5.74) is -1.58. The van der Waals surface area contributed by atoms with Gasteiger partial charge in [-0.15, -0.1) is 0 Å². The Bertz CT molecular complexity index is 485. The molecule has 0 spiro atoms. The standard InChI is InChI=1S/C10H13NO5S/c1-17(15,16)10(14)8(9(12)13)11-7-5-3-2-4-6-7/h2-6,8,10-11,14H,1H3,(H,12,13)/t8-,10?/m1/s1. The molecule has 0 aliphatic heterocycles. The molecule has 6 nitrogen and oxygen atoms in total. The molecule has 1 aromatic rings. The molecule has 94 valence electrons. The number of sulfone groups is 1. The molecule has 0 aliphatic carbocycles. The number of nitrogens with one attached hydrogen (secondary N) is 1.